The van der Waals surface area contributed by atoms with Crippen molar-refractivity contribution in [2.75, 3.05) is 7.05 Å². The van der Waals surface area contributed by atoms with E-state index in [0.29, 0.717) is 0 Å². The van der Waals surface area contributed by atoms with E-state index < -0.39 is 0 Å². The summed E-state index contributed by atoms with van der Waals surface area (Å²) >= 11 is 9.60. The molecule has 0 fully saturated rings. The van der Waals surface area contributed by atoms with Crippen LogP contribution in [0.5, 0.6) is 0 Å². The van der Waals surface area contributed by atoms with Crippen molar-refractivity contribution in [3.8, 4) is 0 Å². The van der Waals surface area contributed by atoms with Crippen LogP contribution >= 0.6 is 27.5 Å². The second kappa shape index (κ2) is 6.74. The van der Waals surface area contributed by atoms with E-state index in [4.69, 9.17) is 11.6 Å². The molecule has 1 unspecified atom stereocenters. The van der Waals surface area contributed by atoms with Gasteiger partial charge in [0.15, 0.2) is 0 Å². The van der Waals surface area contributed by atoms with Crippen LogP contribution in [0.3, 0.4) is 0 Å². The summed E-state index contributed by atoms with van der Waals surface area (Å²) in [6.07, 6.45) is 1.85. The lowest BCUT2D eigenvalue weighted by molar-refractivity contribution is 0.559. The first-order valence-corrected chi connectivity index (χ1v) is 7.86. The first kappa shape index (κ1) is 15.5. The standard InChI is InChI=1S/C15H19BrClN3/c1-4-11-8-12(20(3)19-11)9-15(18-2)13-6-5-10(17)7-14(13)16/h5-8,15,18H,4,9H2,1-3H3. The predicted molar refractivity (Wildman–Crippen MR) is 87.2 cm³/mol. The molecule has 0 amide bonds. The second-order valence-corrected chi connectivity index (χ2v) is 6.11. The zero-order valence-electron chi connectivity index (χ0n) is 12.0. The summed E-state index contributed by atoms with van der Waals surface area (Å²) in [7, 11) is 3.97. The smallest absolute Gasteiger partial charge is 0.0624 e. The molecule has 0 spiro atoms. The van der Waals surface area contributed by atoms with Gasteiger partial charge in [0.05, 0.1) is 5.69 Å². The average molecular weight is 357 g/mol. The number of likely N-dealkylation sites (N-methyl/N-ethyl adjacent to an activating group) is 1. The first-order chi connectivity index (χ1) is 9.55. The van der Waals surface area contributed by atoms with E-state index in [1.54, 1.807) is 0 Å². The second-order valence-electron chi connectivity index (χ2n) is 4.82. The van der Waals surface area contributed by atoms with E-state index in [2.05, 4.69) is 45.4 Å². The van der Waals surface area contributed by atoms with Crippen LogP contribution in [-0.4, -0.2) is 16.8 Å². The number of aryl methyl sites for hydroxylation is 2. The van der Waals surface area contributed by atoms with E-state index in [-0.39, 0.29) is 6.04 Å². The molecule has 0 bridgehead atoms. The molecule has 0 aliphatic rings. The third-order valence-corrected chi connectivity index (χ3v) is 4.41. The molecule has 20 heavy (non-hydrogen) atoms. The van der Waals surface area contributed by atoms with E-state index in [1.165, 1.54) is 11.3 Å². The van der Waals surface area contributed by atoms with Crippen LogP contribution < -0.4 is 5.32 Å². The summed E-state index contributed by atoms with van der Waals surface area (Å²) in [6.45, 7) is 2.12. The Kier molecular flexibility index (Phi) is 5.24. The molecule has 0 saturated heterocycles. The normalized spacial score (nSPS) is 12.7. The third-order valence-electron chi connectivity index (χ3n) is 3.49. The summed E-state index contributed by atoms with van der Waals surface area (Å²) in [5.41, 5.74) is 3.56. The molecule has 5 heteroatoms. The maximum absolute atomic E-state index is 6.01. The molecule has 0 saturated carbocycles. The zero-order chi connectivity index (χ0) is 14.7. The molecule has 2 rings (SSSR count). The molecule has 0 aliphatic heterocycles. The minimum absolute atomic E-state index is 0.224. The Balaban J connectivity index is 2.26. The third kappa shape index (κ3) is 3.43. The molecule has 1 atom stereocenters. The lowest BCUT2D eigenvalue weighted by Gasteiger charge is -2.18. The predicted octanol–water partition coefficient (Wildman–Crippen LogP) is 3.90. The van der Waals surface area contributed by atoms with E-state index in [1.807, 2.05) is 30.9 Å². The zero-order valence-corrected chi connectivity index (χ0v) is 14.3. The molecule has 1 N–H and O–H groups in total. The molecular formula is C15H19BrClN3. The van der Waals surface area contributed by atoms with Crippen molar-refractivity contribution >= 4 is 27.5 Å². The number of hydrogen-bond acceptors (Lipinski definition) is 2. The van der Waals surface area contributed by atoms with Gasteiger partial charge in [-0.1, -0.05) is 40.5 Å². The Labute approximate surface area is 133 Å². The number of halogens is 2. The molecule has 0 radical (unpaired) electrons. The minimum atomic E-state index is 0.224. The van der Waals surface area contributed by atoms with Crippen molar-refractivity contribution in [2.45, 2.75) is 25.8 Å². The van der Waals surface area contributed by atoms with Crippen molar-refractivity contribution in [3.63, 3.8) is 0 Å². The molecule has 1 aromatic carbocycles. The summed E-state index contributed by atoms with van der Waals surface area (Å²) in [6, 6.07) is 8.31. The molecule has 2 aromatic rings. The fourth-order valence-electron chi connectivity index (χ4n) is 2.30. The summed E-state index contributed by atoms with van der Waals surface area (Å²) in [5, 5.41) is 8.61. The number of nitrogens with one attached hydrogen (secondary N) is 1. The fraction of sp³-hybridized carbons (Fsp3) is 0.400. The van der Waals surface area contributed by atoms with Gasteiger partial charge in [-0.25, -0.2) is 0 Å². The number of hydrogen-bond donors (Lipinski definition) is 1. The van der Waals surface area contributed by atoms with Gasteiger partial charge >= 0.3 is 0 Å². The molecular weight excluding hydrogens is 338 g/mol. The van der Waals surface area contributed by atoms with Gasteiger partial charge in [-0.2, -0.15) is 5.10 Å². The Morgan fingerprint density at radius 1 is 1.40 bits per heavy atom. The van der Waals surface area contributed by atoms with Crippen LogP contribution in [0.15, 0.2) is 28.7 Å². The van der Waals surface area contributed by atoms with Gasteiger partial charge in [0.25, 0.3) is 0 Å². The Morgan fingerprint density at radius 3 is 2.70 bits per heavy atom. The SMILES string of the molecule is CCc1cc(CC(NC)c2ccc(Cl)cc2Br)n(C)n1. The van der Waals surface area contributed by atoms with E-state index >= 15 is 0 Å². The van der Waals surface area contributed by atoms with Gasteiger partial charge in [-0.05, 0) is 37.2 Å². The van der Waals surface area contributed by atoms with Gasteiger partial charge in [0, 0.05) is 34.7 Å². The van der Waals surface area contributed by atoms with Crippen LogP contribution in [0, 0.1) is 0 Å². The topological polar surface area (TPSA) is 29.9 Å². The number of rotatable bonds is 5. The highest BCUT2D eigenvalue weighted by Crippen LogP contribution is 2.28. The number of aromatic nitrogens is 2. The van der Waals surface area contributed by atoms with Crippen molar-refractivity contribution in [1.82, 2.24) is 15.1 Å². The lowest BCUT2D eigenvalue weighted by atomic mass is 10.0. The van der Waals surface area contributed by atoms with Crippen molar-refractivity contribution in [2.24, 2.45) is 7.05 Å². The summed E-state index contributed by atoms with van der Waals surface area (Å²) < 4.78 is 3.00. The molecule has 108 valence electrons. The minimum Gasteiger partial charge on any atom is -0.313 e. The average Bonchev–Trinajstić information content (AvgIpc) is 2.77. The van der Waals surface area contributed by atoms with Crippen LogP contribution in [0.1, 0.15) is 29.9 Å². The highest BCUT2D eigenvalue weighted by atomic mass is 79.9. The maximum Gasteiger partial charge on any atom is 0.0624 e. The van der Waals surface area contributed by atoms with Crippen molar-refractivity contribution < 1.29 is 0 Å². The van der Waals surface area contributed by atoms with E-state index in [0.717, 1.165) is 28.0 Å². The maximum atomic E-state index is 6.01. The van der Waals surface area contributed by atoms with Gasteiger partial charge in [-0.15, -0.1) is 0 Å². The summed E-state index contributed by atoms with van der Waals surface area (Å²) in [5.74, 6) is 0. The quantitative estimate of drug-likeness (QED) is 0.880. The van der Waals surface area contributed by atoms with Gasteiger partial charge in [0.2, 0.25) is 0 Å². The van der Waals surface area contributed by atoms with Crippen LogP contribution in [0.4, 0.5) is 0 Å². The number of benzene rings is 1. The largest absolute Gasteiger partial charge is 0.313 e. The molecule has 0 aliphatic carbocycles. The summed E-state index contributed by atoms with van der Waals surface area (Å²) in [4.78, 5) is 0. The van der Waals surface area contributed by atoms with Crippen LogP contribution in [0.25, 0.3) is 0 Å². The monoisotopic (exact) mass is 355 g/mol. The fourth-order valence-corrected chi connectivity index (χ4v) is 3.26. The Bertz CT molecular complexity index is 595. The Hall–Kier alpha value is -0.840. The van der Waals surface area contributed by atoms with Crippen molar-refractivity contribution in [1.29, 1.82) is 0 Å². The van der Waals surface area contributed by atoms with Gasteiger partial charge in [-0.3, -0.25) is 4.68 Å². The number of nitrogens with zero attached hydrogens (tertiary/aromatic N) is 2. The van der Waals surface area contributed by atoms with E-state index in [9.17, 15) is 0 Å². The highest BCUT2D eigenvalue weighted by molar-refractivity contribution is 9.10. The molecule has 1 aromatic heterocycles. The highest BCUT2D eigenvalue weighted by Gasteiger charge is 2.16. The Morgan fingerprint density at radius 2 is 2.15 bits per heavy atom. The van der Waals surface area contributed by atoms with Crippen LogP contribution in [0.2, 0.25) is 5.02 Å². The van der Waals surface area contributed by atoms with Gasteiger partial charge < -0.3 is 5.32 Å². The lowest BCUT2D eigenvalue weighted by Crippen LogP contribution is -2.20. The van der Waals surface area contributed by atoms with Crippen molar-refractivity contribution in [3.05, 3.63) is 50.7 Å². The van der Waals surface area contributed by atoms with Crippen LogP contribution in [-0.2, 0) is 19.9 Å². The molecule has 1 heterocycles. The first-order valence-electron chi connectivity index (χ1n) is 6.69. The molecule has 3 nitrogen and oxygen atoms in total. The van der Waals surface area contributed by atoms with Gasteiger partial charge in [0.1, 0.15) is 0 Å².